The highest BCUT2D eigenvalue weighted by Gasteiger charge is 2.35. The van der Waals surface area contributed by atoms with Crippen LogP contribution >= 0.6 is 27.3 Å². The molecule has 208 valence electrons. The van der Waals surface area contributed by atoms with Crippen LogP contribution in [0.25, 0.3) is 11.8 Å². The van der Waals surface area contributed by atoms with Crippen molar-refractivity contribution in [3.63, 3.8) is 0 Å². The lowest BCUT2D eigenvalue weighted by atomic mass is 9.93. The zero-order chi connectivity index (χ0) is 28.9. The van der Waals surface area contributed by atoms with E-state index in [-0.39, 0.29) is 17.7 Å². The first-order valence-corrected chi connectivity index (χ1v) is 14.5. The fourth-order valence-electron chi connectivity index (χ4n) is 4.59. The van der Waals surface area contributed by atoms with Crippen molar-refractivity contribution in [1.29, 1.82) is 0 Å². The van der Waals surface area contributed by atoms with Crippen molar-refractivity contribution < 1.29 is 19.0 Å². The third-order valence-electron chi connectivity index (χ3n) is 6.39. The van der Waals surface area contributed by atoms with Gasteiger partial charge in [0.1, 0.15) is 18.1 Å². The van der Waals surface area contributed by atoms with Gasteiger partial charge < -0.3 is 14.2 Å². The summed E-state index contributed by atoms with van der Waals surface area (Å²) in [5.74, 6) is 0.749. The molecule has 0 bridgehead atoms. The van der Waals surface area contributed by atoms with Gasteiger partial charge in [-0.25, -0.2) is 9.79 Å². The molecule has 0 spiro atoms. The van der Waals surface area contributed by atoms with E-state index in [1.54, 1.807) is 24.7 Å². The van der Waals surface area contributed by atoms with E-state index in [9.17, 15) is 9.59 Å². The van der Waals surface area contributed by atoms with Gasteiger partial charge >= 0.3 is 5.97 Å². The number of carbonyl (C=O) groups is 1. The van der Waals surface area contributed by atoms with Gasteiger partial charge in [0.2, 0.25) is 0 Å². The Morgan fingerprint density at radius 3 is 2.63 bits per heavy atom. The van der Waals surface area contributed by atoms with Crippen molar-refractivity contribution in [3.05, 3.63) is 132 Å². The summed E-state index contributed by atoms with van der Waals surface area (Å²) in [5, 5.41) is 0. The summed E-state index contributed by atoms with van der Waals surface area (Å²) in [7, 11) is 1.58. The molecule has 0 aliphatic carbocycles. The van der Waals surface area contributed by atoms with Crippen molar-refractivity contribution in [3.8, 4) is 11.5 Å². The smallest absolute Gasteiger partial charge is 0.338 e. The van der Waals surface area contributed by atoms with E-state index < -0.39 is 12.0 Å². The molecule has 9 heteroatoms. The van der Waals surface area contributed by atoms with Gasteiger partial charge in [0.15, 0.2) is 4.80 Å². The van der Waals surface area contributed by atoms with E-state index in [1.807, 2.05) is 78.9 Å². The molecule has 0 N–H and O–H groups in total. The number of thiazole rings is 1. The number of hydrogen-bond acceptors (Lipinski definition) is 7. The molecule has 1 aliphatic rings. The molecule has 0 amide bonds. The van der Waals surface area contributed by atoms with Gasteiger partial charge in [0.05, 0.1) is 40.0 Å². The number of halogens is 1. The maximum absolute atomic E-state index is 14.0. The van der Waals surface area contributed by atoms with Crippen LogP contribution in [0.2, 0.25) is 0 Å². The van der Waals surface area contributed by atoms with Crippen LogP contribution in [0.4, 0.5) is 0 Å². The highest BCUT2D eigenvalue weighted by Crippen LogP contribution is 2.36. The largest absolute Gasteiger partial charge is 0.497 e. The Kier molecular flexibility index (Phi) is 8.66. The zero-order valence-corrected chi connectivity index (χ0v) is 24.9. The number of nitrogens with zero attached hydrogens (tertiary/aromatic N) is 2. The number of methoxy groups -OCH3 is 1. The van der Waals surface area contributed by atoms with E-state index in [1.165, 1.54) is 11.3 Å². The summed E-state index contributed by atoms with van der Waals surface area (Å²) in [4.78, 5) is 33.0. The Hall–Kier alpha value is -4.21. The topological polar surface area (TPSA) is 79.1 Å². The summed E-state index contributed by atoms with van der Waals surface area (Å²) in [6.45, 7) is 5.99. The van der Waals surface area contributed by atoms with E-state index >= 15 is 0 Å². The van der Waals surface area contributed by atoms with Crippen molar-refractivity contribution in [2.24, 2.45) is 4.99 Å². The standard InChI is InChI=1S/C32H27BrN2O5S/c1-4-16-40-25-15-14-20(17-24(25)33)18-26-30(36)35-29(22-12-9-13-23(19-22)38-3)27(31(37)39-5-2)28(34-32(35)41-26)21-10-7-6-8-11-21/h4,6-15,17-19,29H,1,5,16H2,2-3H3/b26-18-/t29-/m0/s1. The molecule has 1 aromatic heterocycles. The fraction of sp³-hybridized carbons (Fsp3) is 0.156. The van der Waals surface area contributed by atoms with Crippen molar-refractivity contribution in [1.82, 2.24) is 4.57 Å². The molecule has 3 aromatic carbocycles. The molecule has 0 saturated heterocycles. The second-order valence-electron chi connectivity index (χ2n) is 9.00. The molecule has 7 nitrogen and oxygen atoms in total. The number of carbonyl (C=O) groups excluding carboxylic acids is 1. The van der Waals surface area contributed by atoms with Gasteiger partial charge in [0.25, 0.3) is 5.56 Å². The van der Waals surface area contributed by atoms with Crippen LogP contribution in [0, 0.1) is 0 Å². The van der Waals surface area contributed by atoms with Gasteiger partial charge in [-0.15, -0.1) is 0 Å². The maximum Gasteiger partial charge on any atom is 0.338 e. The minimum Gasteiger partial charge on any atom is -0.497 e. The molecule has 1 atom stereocenters. The number of benzene rings is 3. The van der Waals surface area contributed by atoms with E-state index in [0.717, 1.165) is 15.6 Å². The number of hydrogen-bond donors (Lipinski definition) is 0. The predicted octanol–water partition coefficient (Wildman–Crippen LogP) is 5.27. The SMILES string of the molecule is C=CCOc1ccc(/C=c2\sc3n(c2=O)[C@@H](c2cccc(OC)c2)C(C(=O)OCC)=C(c2ccccc2)N=3)cc1Br. The third kappa shape index (κ3) is 5.82. The monoisotopic (exact) mass is 630 g/mol. The Balaban J connectivity index is 1.76. The molecule has 0 unspecified atom stereocenters. The summed E-state index contributed by atoms with van der Waals surface area (Å²) in [6.07, 6.45) is 3.48. The van der Waals surface area contributed by atoms with Crippen molar-refractivity contribution in [2.45, 2.75) is 13.0 Å². The van der Waals surface area contributed by atoms with Crippen molar-refractivity contribution in [2.75, 3.05) is 20.3 Å². The van der Waals surface area contributed by atoms with Gasteiger partial charge in [0, 0.05) is 5.56 Å². The minimum absolute atomic E-state index is 0.182. The van der Waals surface area contributed by atoms with Gasteiger partial charge in [-0.2, -0.15) is 0 Å². The molecule has 5 rings (SSSR count). The first kappa shape index (κ1) is 28.3. The normalized spacial score (nSPS) is 14.7. The molecule has 0 radical (unpaired) electrons. The van der Waals surface area contributed by atoms with Gasteiger partial charge in [-0.3, -0.25) is 9.36 Å². The number of ether oxygens (including phenoxy) is 3. The molecular formula is C32H27BrN2O5S. The number of fused-ring (bicyclic) bond motifs is 1. The van der Waals surface area contributed by atoms with E-state index in [4.69, 9.17) is 19.2 Å². The molecule has 1 aliphatic heterocycles. The summed E-state index contributed by atoms with van der Waals surface area (Å²) < 4.78 is 19.5. The molecule has 0 saturated carbocycles. The Morgan fingerprint density at radius 2 is 1.93 bits per heavy atom. The Morgan fingerprint density at radius 1 is 1.12 bits per heavy atom. The summed E-state index contributed by atoms with van der Waals surface area (Å²) in [6, 6.07) is 21.6. The van der Waals surface area contributed by atoms with E-state index in [0.29, 0.717) is 38.7 Å². The quantitative estimate of drug-likeness (QED) is 0.186. The van der Waals surface area contributed by atoms with Crippen molar-refractivity contribution >= 4 is 45.0 Å². The molecule has 0 fully saturated rings. The second-order valence-corrected chi connectivity index (χ2v) is 10.9. The third-order valence-corrected chi connectivity index (χ3v) is 8.00. The lowest BCUT2D eigenvalue weighted by molar-refractivity contribution is -0.138. The van der Waals surface area contributed by atoms with Crippen LogP contribution in [0.1, 0.15) is 29.7 Å². The Labute approximate surface area is 249 Å². The highest BCUT2D eigenvalue weighted by atomic mass is 79.9. The van der Waals surface area contributed by atoms with Crippen LogP contribution in [-0.2, 0) is 9.53 Å². The first-order valence-electron chi connectivity index (χ1n) is 12.9. The lowest BCUT2D eigenvalue weighted by Crippen LogP contribution is -2.40. The summed E-state index contributed by atoms with van der Waals surface area (Å²) >= 11 is 4.81. The van der Waals surface area contributed by atoms with Crippen LogP contribution in [-0.4, -0.2) is 30.9 Å². The van der Waals surface area contributed by atoms with Crippen LogP contribution in [0.5, 0.6) is 11.5 Å². The average molecular weight is 632 g/mol. The highest BCUT2D eigenvalue weighted by molar-refractivity contribution is 9.10. The average Bonchev–Trinajstić information content (AvgIpc) is 3.30. The molecule has 2 heterocycles. The Bertz CT molecular complexity index is 1820. The van der Waals surface area contributed by atoms with Crippen LogP contribution in [0.3, 0.4) is 0 Å². The van der Waals surface area contributed by atoms with Crippen LogP contribution in [0.15, 0.2) is 105 Å². The maximum atomic E-state index is 14.0. The molecular weight excluding hydrogens is 604 g/mol. The number of esters is 1. The van der Waals surface area contributed by atoms with E-state index in [2.05, 4.69) is 22.5 Å². The number of aromatic nitrogens is 1. The lowest BCUT2D eigenvalue weighted by Gasteiger charge is -2.26. The predicted molar refractivity (Wildman–Crippen MR) is 164 cm³/mol. The number of rotatable bonds is 9. The first-order chi connectivity index (χ1) is 19.9. The zero-order valence-electron chi connectivity index (χ0n) is 22.5. The molecule has 41 heavy (non-hydrogen) atoms. The van der Waals surface area contributed by atoms with Gasteiger partial charge in [-0.1, -0.05) is 72.5 Å². The summed E-state index contributed by atoms with van der Waals surface area (Å²) in [5.41, 5.74) is 2.75. The fourth-order valence-corrected chi connectivity index (χ4v) is 6.10. The van der Waals surface area contributed by atoms with Crippen LogP contribution < -0.4 is 24.4 Å². The van der Waals surface area contributed by atoms with Gasteiger partial charge in [-0.05, 0) is 64.3 Å². The molecule has 4 aromatic rings. The minimum atomic E-state index is -0.779. The second kappa shape index (κ2) is 12.5.